The van der Waals surface area contributed by atoms with Crippen molar-refractivity contribution in [2.45, 2.75) is 39.0 Å². The predicted molar refractivity (Wildman–Crippen MR) is 60.6 cm³/mol. The molecule has 0 aromatic heterocycles. The minimum atomic E-state index is 0.237. The molecule has 4 heteroatoms. The summed E-state index contributed by atoms with van der Waals surface area (Å²) in [5.74, 6) is 0.463. The molecule has 0 aromatic carbocycles. The lowest BCUT2D eigenvalue weighted by atomic mass is 10.1. The summed E-state index contributed by atoms with van der Waals surface area (Å²) in [4.78, 5) is 0. The lowest BCUT2D eigenvalue weighted by molar-refractivity contribution is 0.223. The maximum Gasteiger partial charge on any atom is 0.0433 e. The summed E-state index contributed by atoms with van der Waals surface area (Å²) < 4.78 is 0. The molecule has 0 fully saturated rings. The number of rotatable bonds is 8. The summed E-state index contributed by atoms with van der Waals surface area (Å²) >= 11 is 0. The van der Waals surface area contributed by atoms with Crippen LogP contribution in [0.4, 0.5) is 0 Å². The minimum Gasteiger partial charge on any atom is -0.396 e. The Hall–Kier alpha value is -0.160. The summed E-state index contributed by atoms with van der Waals surface area (Å²) in [5.41, 5.74) is 0. The van der Waals surface area contributed by atoms with E-state index in [4.69, 9.17) is 20.4 Å². The van der Waals surface area contributed by atoms with Crippen molar-refractivity contribution in [2.75, 3.05) is 26.4 Å². The van der Waals surface area contributed by atoms with Gasteiger partial charge in [-0.05, 0) is 38.0 Å². The third-order valence-corrected chi connectivity index (χ3v) is 2.06. The minimum absolute atomic E-state index is 0.237. The van der Waals surface area contributed by atoms with Crippen molar-refractivity contribution in [2.24, 2.45) is 5.92 Å². The van der Waals surface area contributed by atoms with E-state index in [1.807, 2.05) is 6.92 Å². The molecule has 0 bridgehead atoms. The van der Waals surface area contributed by atoms with Crippen molar-refractivity contribution in [1.29, 1.82) is 0 Å². The van der Waals surface area contributed by atoms with Gasteiger partial charge in [0.15, 0.2) is 0 Å². The van der Waals surface area contributed by atoms with Crippen LogP contribution >= 0.6 is 0 Å². The second kappa shape index (κ2) is 16.3. The highest BCUT2D eigenvalue weighted by atomic mass is 16.3. The first kappa shape index (κ1) is 17.2. The Balaban J connectivity index is 0. The van der Waals surface area contributed by atoms with E-state index >= 15 is 0 Å². The van der Waals surface area contributed by atoms with Gasteiger partial charge in [0.05, 0.1) is 0 Å². The molecular formula is C11H26O4. The zero-order valence-electron chi connectivity index (χ0n) is 9.73. The van der Waals surface area contributed by atoms with Crippen LogP contribution in [0.1, 0.15) is 39.0 Å². The maximum absolute atomic E-state index is 8.38. The van der Waals surface area contributed by atoms with Crippen LogP contribution in [0.3, 0.4) is 0 Å². The second-order valence-corrected chi connectivity index (χ2v) is 3.64. The summed E-state index contributed by atoms with van der Waals surface area (Å²) in [7, 11) is 0. The molecule has 0 aliphatic heterocycles. The summed E-state index contributed by atoms with van der Waals surface area (Å²) in [6, 6.07) is 0. The SMILES string of the molecule is CC(CCO)CCO.OCCCCCO. The van der Waals surface area contributed by atoms with E-state index in [1.165, 1.54) is 0 Å². The highest BCUT2D eigenvalue weighted by molar-refractivity contribution is 4.49. The summed E-state index contributed by atoms with van der Waals surface area (Å²) in [6.45, 7) is 2.99. The molecule has 0 saturated carbocycles. The van der Waals surface area contributed by atoms with Gasteiger partial charge >= 0.3 is 0 Å². The van der Waals surface area contributed by atoms with E-state index in [0.29, 0.717) is 5.92 Å². The van der Waals surface area contributed by atoms with Gasteiger partial charge in [-0.15, -0.1) is 0 Å². The average Bonchev–Trinajstić information content (AvgIpc) is 2.20. The second-order valence-electron chi connectivity index (χ2n) is 3.64. The van der Waals surface area contributed by atoms with Gasteiger partial charge in [0, 0.05) is 26.4 Å². The first-order valence-corrected chi connectivity index (χ1v) is 5.66. The number of hydrogen-bond donors (Lipinski definition) is 4. The summed E-state index contributed by atoms with van der Waals surface area (Å²) in [5, 5.41) is 33.2. The Morgan fingerprint density at radius 3 is 1.33 bits per heavy atom. The van der Waals surface area contributed by atoms with Gasteiger partial charge in [0.25, 0.3) is 0 Å². The molecule has 0 rings (SSSR count). The first-order chi connectivity index (χ1) is 7.22. The van der Waals surface area contributed by atoms with E-state index in [0.717, 1.165) is 32.1 Å². The maximum atomic E-state index is 8.38. The molecule has 0 heterocycles. The molecule has 4 N–H and O–H groups in total. The van der Waals surface area contributed by atoms with E-state index in [1.54, 1.807) is 0 Å². The van der Waals surface area contributed by atoms with Crippen LogP contribution in [0.25, 0.3) is 0 Å². The van der Waals surface area contributed by atoms with Crippen LogP contribution in [-0.4, -0.2) is 46.9 Å². The van der Waals surface area contributed by atoms with Crippen LogP contribution in [0.2, 0.25) is 0 Å². The molecule has 0 aliphatic rings. The Bertz CT molecular complexity index is 88.6. The van der Waals surface area contributed by atoms with E-state index in [2.05, 4.69) is 0 Å². The number of aliphatic hydroxyl groups is 4. The zero-order chi connectivity index (χ0) is 11.9. The zero-order valence-corrected chi connectivity index (χ0v) is 9.73. The van der Waals surface area contributed by atoms with Crippen molar-refractivity contribution in [3.63, 3.8) is 0 Å². The summed E-state index contributed by atoms with van der Waals surface area (Å²) in [6.07, 6.45) is 4.19. The molecule has 0 unspecified atom stereocenters. The molecule has 15 heavy (non-hydrogen) atoms. The first-order valence-electron chi connectivity index (χ1n) is 5.66. The van der Waals surface area contributed by atoms with Gasteiger partial charge < -0.3 is 20.4 Å². The van der Waals surface area contributed by atoms with Gasteiger partial charge in [0.2, 0.25) is 0 Å². The molecule has 0 aliphatic carbocycles. The fourth-order valence-electron chi connectivity index (χ4n) is 0.985. The Kier molecular flexibility index (Phi) is 18.7. The third kappa shape index (κ3) is 20.0. The lowest BCUT2D eigenvalue weighted by Crippen LogP contribution is -1.99. The molecule has 0 atom stereocenters. The number of hydrogen-bond acceptors (Lipinski definition) is 4. The molecule has 94 valence electrons. The smallest absolute Gasteiger partial charge is 0.0433 e. The molecule has 0 aromatic rings. The molecular weight excluding hydrogens is 196 g/mol. The molecule has 0 radical (unpaired) electrons. The Morgan fingerprint density at radius 2 is 1.07 bits per heavy atom. The van der Waals surface area contributed by atoms with E-state index in [9.17, 15) is 0 Å². The fourth-order valence-corrected chi connectivity index (χ4v) is 0.985. The highest BCUT2D eigenvalue weighted by Gasteiger charge is 1.97. The monoisotopic (exact) mass is 222 g/mol. The Morgan fingerprint density at radius 1 is 0.667 bits per heavy atom. The van der Waals surface area contributed by atoms with Crippen molar-refractivity contribution in [3.8, 4) is 0 Å². The normalized spacial score (nSPS) is 10.0. The standard InChI is InChI=1S/C6H14O2.C5H12O2/c1-6(2-4-7)3-5-8;6-4-2-1-3-5-7/h6-8H,2-5H2,1H3;6-7H,1-5H2. The van der Waals surface area contributed by atoms with Crippen LogP contribution < -0.4 is 0 Å². The van der Waals surface area contributed by atoms with Crippen LogP contribution in [0.5, 0.6) is 0 Å². The van der Waals surface area contributed by atoms with Crippen molar-refractivity contribution < 1.29 is 20.4 Å². The largest absolute Gasteiger partial charge is 0.396 e. The number of unbranched alkanes of at least 4 members (excludes halogenated alkanes) is 2. The molecule has 0 amide bonds. The van der Waals surface area contributed by atoms with Gasteiger partial charge in [-0.25, -0.2) is 0 Å². The number of aliphatic hydroxyl groups excluding tert-OH is 4. The predicted octanol–water partition coefficient (Wildman–Crippen LogP) is 0.529. The van der Waals surface area contributed by atoms with E-state index < -0.39 is 0 Å². The van der Waals surface area contributed by atoms with Gasteiger partial charge in [0.1, 0.15) is 0 Å². The Labute approximate surface area is 92.6 Å². The van der Waals surface area contributed by atoms with Gasteiger partial charge in [-0.1, -0.05) is 6.92 Å². The average molecular weight is 222 g/mol. The van der Waals surface area contributed by atoms with Crippen LogP contribution in [0.15, 0.2) is 0 Å². The van der Waals surface area contributed by atoms with Crippen molar-refractivity contribution >= 4 is 0 Å². The quantitative estimate of drug-likeness (QED) is 0.452. The topological polar surface area (TPSA) is 80.9 Å². The van der Waals surface area contributed by atoms with Crippen LogP contribution in [0, 0.1) is 5.92 Å². The third-order valence-electron chi connectivity index (χ3n) is 2.06. The van der Waals surface area contributed by atoms with Crippen LogP contribution in [-0.2, 0) is 0 Å². The van der Waals surface area contributed by atoms with Crippen molar-refractivity contribution in [3.05, 3.63) is 0 Å². The molecule has 0 saturated heterocycles. The van der Waals surface area contributed by atoms with Gasteiger partial charge in [-0.2, -0.15) is 0 Å². The fraction of sp³-hybridized carbons (Fsp3) is 1.00. The molecule has 0 spiro atoms. The van der Waals surface area contributed by atoms with E-state index in [-0.39, 0.29) is 26.4 Å². The molecule has 4 nitrogen and oxygen atoms in total. The highest BCUT2D eigenvalue weighted by Crippen LogP contribution is 2.03. The van der Waals surface area contributed by atoms with Gasteiger partial charge in [-0.3, -0.25) is 0 Å². The van der Waals surface area contributed by atoms with Crippen molar-refractivity contribution in [1.82, 2.24) is 0 Å². The lowest BCUT2D eigenvalue weighted by Gasteiger charge is -2.04.